The maximum atomic E-state index is 12.5. The smallest absolute Gasteiger partial charge is 0.410 e. The summed E-state index contributed by atoms with van der Waals surface area (Å²) >= 11 is 0. The summed E-state index contributed by atoms with van der Waals surface area (Å²) in [7, 11) is 0. The van der Waals surface area contributed by atoms with Crippen LogP contribution >= 0.6 is 0 Å². The van der Waals surface area contributed by atoms with Crippen molar-refractivity contribution < 1.29 is 14.3 Å². The van der Waals surface area contributed by atoms with Crippen LogP contribution in [0.2, 0.25) is 0 Å². The lowest BCUT2D eigenvalue weighted by Gasteiger charge is -2.36. The highest BCUT2D eigenvalue weighted by Gasteiger charge is 2.32. The zero-order valence-corrected chi connectivity index (χ0v) is 15.3. The average molecular weight is 339 g/mol. The van der Waals surface area contributed by atoms with E-state index in [9.17, 15) is 4.79 Å². The van der Waals surface area contributed by atoms with Gasteiger partial charge in [0.15, 0.2) is 0 Å². The average Bonchev–Trinajstić information content (AvgIpc) is 2.55. The molecule has 0 saturated heterocycles. The highest BCUT2D eigenvalue weighted by Crippen LogP contribution is 2.37. The van der Waals surface area contributed by atoms with Gasteiger partial charge in [0.25, 0.3) is 0 Å². The molecule has 2 aromatic carbocycles. The van der Waals surface area contributed by atoms with Crippen LogP contribution < -0.4 is 4.74 Å². The number of carbonyl (C=O) groups is 1. The Balaban J connectivity index is 1.84. The quantitative estimate of drug-likeness (QED) is 0.742. The highest BCUT2D eigenvalue weighted by molar-refractivity contribution is 5.69. The lowest BCUT2D eigenvalue weighted by molar-refractivity contribution is 0.0159. The Labute approximate surface area is 149 Å². The Bertz CT molecular complexity index is 749. The Kier molecular flexibility index (Phi) is 4.71. The normalized spacial score (nSPS) is 17.0. The summed E-state index contributed by atoms with van der Waals surface area (Å²) in [6, 6.07) is 15.8. The van der Waals surface area contributed by atoms with Gasteiger partial charge in [-0.25, -0.2) is 4.79 Å². The molecule has 1 atom stereocenters. The second-order valence-corrected chi connectivity index (χ2v) is 7.34. The summed E-state index contributed by atoms with van der Waals surface area (Å²) in [5, 5.41) is 0. The number of benzene rings is 2. The van der Waals surface area contributed by atoms with Gasteiger partial charge in [0.1, 0.15) is 17.1 Å². The third kappa shape index (κ3) is 3.95. The molecule has 0 radical (unpaired) electrons. The molecule has 3 rings (SSSR count). The maximum Gasteiger partial charge on any atom is 0.410 e. The number of hydrogen-bond donors (Lipinski definition) is 0. The van der Waals surface area contributed by atoms with Crippen LogP contribution in [0.25, 0.3) is 0 Å². The van der Waals surface area contributed by atoms with E-state index in [-0.39, 0.29) is 12.1 Å². The van der Waals surface area contributed by atoms with E-state index in [1.165, 1.54) is 5.56 Å². The van der Waals surface area contributed by atoms with Gasteiger partial charge < -0.3 is 14.4 Å². The van der Waals surface area contributed by atoms with Gasteiger partial charge in [-0.05, 0) is 57.9 Å². The predicted molar refractivity (Wildman–Crippen MR) is 98.0 cm³/mol. The molecule has 0 unspecified atom stereocenters. The third-order valence-electron chi connectivity index (χ3n) is 4.29. The number of hydrogen-bond acceptors (Lipinski definition) is 3. The van der Waals surface area contributed by atoms with Crippen molar-refractivity contribution in [2.45, 2.75) is 45.8 Å². The molecule has 0 saturated carbocycles. The molecule has 4 heteroatoms. The fourth-order valence-electron chi connectivity index (χ4n) is 3.12. The summed E-state index contributed by atoms with van der Waals surface area (Å²) in [5.74, 6) is 1.68. The van der Waals surface area contributed by atoms with E-state index in [1.54, 1.807) is 4.90 Å². The minimum absolute atomic E-state index is 0.0436. The van der Waals surface area contributed by atoms with Crippen LogP contribution in [0.1, 0.15) is 44.9 Å². The summed E-state index contributed by atoms with van der Waals surface area (Å²) in [4.78, 5) is 14.3. The topological polar surface area (TPSA) is 38.8 Å². The zero-order chi connectivity index (χ0) is 18.0. The van der Waals surface area contributed by atoms with Gasteiger partial charge >= 0.3 is 6.09 Å². The van der Waals surface area contributed by atoms with Crippen molar-refractivity contribution in [3.63, 3.8) is 0 Å². The van der Waals surface area contributed by atoms with E-state index < -0.39 is 5.60 Å². The SMILES string of the molecule is C[C@H]1c2cccc(Oc3ccccc3)c2CCN1C(=O)OC(C)(C)C. The summed E-state index contributed by atoms with van der Waals surface area (Å²) < 4.78 is 11.6. The Hall–Kier alpha value is -2.49. The second kappa shape index (κ2) is 6.79. The number of carbonyl (C=O) groups excluding carboxylic acids is 1. The predicted octanol–water partition coefficient (Wildman–Crippen LogP) is 5.33. The molecule has 0 N–H and O–H groups in total. The molecule has 0 bridgehead atoms. The van der Waals surface area contributed by atoms with Gasteiger partial charge in [-0.1, -0.05) is 30.3 Å². The van der Waals surface area contributed by atoms with Crippen LogP contribution in [0.15, 0.2) is 48.5 Å². The highest BCUT2D eigenvalue weighted by atomic mass is 16.6. The minimum Gasteiger partial charge on any atom is -0.457 e. The molecule has 0 aliphatic carbocycles. The van der Waals surface area contributed by atoms with Gasteiger partial charge in [0.2, 0.25) is 0 Å². The van der Waals surface area contributed by atoms with E-state index >= 15 is 0 Å². The number of para-hydroxylation sites is 1. The lowest BCUT2D eigenvalue weighted by atomic mass is 9.93. The van der Waals surface area contributed by atoms with Crippen molar-refractivity contribution >= 4 is 6.09 Å². The molecule has 25 heavy (non-hydrogen) atoms. The summed E-state index contributed by atoms with van der Waals surface area (Å²) in [6.45, 7) is 8.32. The van der Waals surface area contributed by atoms with E-state index in [1.807, 2.05) is 70.2 Å². The molecule has 1 amide bonds. The molecular formula is C21H25NO3. The lowest BCUT2D eigenvalue weighted by Crippen LogP contribution is -2.42. The van der Waals surface area contributed by atoms with Crippen molar-refractivity contribution in [1.82, 2.24) is 4.90 Å². The standard InChI is InChI=1S/C21H25NO3/c1-15-17-11-8-12-19(24-16-9-6-5-7-10-16)18(17)13-14-22(15)20(23)25-21(2,3)4/h5-12,15H,13-14H2,1-4H3/t15-/m0/s1. The zero-order valence-electron chi connectivity index (χ0n) is 15.3. The van der Waals surface area contributed by atoms with Crippen LogP contribution in [-0.4, -0.2) is 23.1 Å². The second-order valence-electron chi connectivity index (χ2n) is 7.34. The molecule has 132 valence electrons. The van der Waals surface area contributed by atoms with Crippen LogP contribution in [0, 0.1) is 0 Å². The molecular weight excluding hydrogens is 314 g/mol. The Morgan fingerprint density at radius 1 is 1.08 bits per heavy atom. The Morgan fingerprint density at radius 2 is 1.80 bits per heavy atom. The van der Waals surface area contributed by atoms with Crippen molar-refractivity contribution in [2.75, 3.05) is 6.54 Å². The third-order valence-corrected chi connectivity index (χ3v) is 4.29. The van der Waals surface area contributed by atoms with Gasteiger partial charge in [0.05, 0.1) is 6.04 Å². The van der Waals surface area contributed by atoms with E-state index in [2.05, 4.69) is 6.07 Å². The first-order valence-corrected chi connectivity index (χ1v) is 8.69. The Morgan fingerprint density at radius 3 is 2.48 bits per heavy atom. The molecule has 0 spiro atoms. The molecule has 0 fully saturated rings. The van der Waals surface area contributed by atoms with Gasteiger partial charge in [-0.15, -0.1) is 0 Å². The van der Waals surface area contributed by atoms with Crippen LogP contribution in [-0.2, 0) is 11.2 Å². The van der Waals surface area contributed by atoms with Crippen LogP contribution in [0.3, 0.4) is 0 Å². The number of nitrogens with zero attached hydrogens (tertiary/aromatic N) is 1. The summed E-state index contributed by atoms with van der Waals surface area (Å²) in [6.07, 6.45) is 0.488. The van der Waals surface area contributed by atoms with Crippen molar-refractivity contribution in [2.24, 2.45) is 0 Å². The number of fused-ring (bicyclic) bond motifs is 1. The molecule has 4 nitrogen and oxygen atoms in total. The first kappa shape index (κ1) is 17.3. The number of amides is 1. The van der Waals surface area contributed by atoms with E-state index in [4.69, 9.17) is 9.47 Å². The largest absolute Gasteiger partial charge is 0.457 e. The fraction of sp³-hybridized carbons (Fsp3) is 0.381. The van der Waals surface area contributed by atoms with Gasteiger partial charge in [-0.2, -0.15) is 0 Å². The summed E-state index contributed by atoms with van der Waals surface area (Å²) in [5.41, 5.74) is 1.79. The maximum absolute atomic E-state index is 12.5. The minimum atomic E-state index is -0.491. The molecule has 0 aromatic heterocycles. The number of rotatable bonds is 2. The van der Waals surface area contributed by atoms with E-state index in [0.717, 1.165) is 23.5 Å². The molecule has 1 heterocycles. The van der Waals surface area contributed by atoms with Gasteiger partial charge in [-0.3, -0.25) is 0 Å². The van der Waals surface area contributed by atoms with Crippen molar-refractivity contribution in [3.05, 3.63) is 59.7 Å². The van der Waals surface area contributed by atoms with Crippen molar-refractivity contribution in [3.8, 4) is 11.5 Å². The molecule has 2 aromatic rings. The molecule has 1 aliphatic heterocycles. The van der Waals surface area contributed by atoms with Crippen molar-refractivity contribution in [1.29, 1.82) is 0 Å². The first-order valence-electron chi connectivity index (χ1n) is 8.69. The number of ether oxygens (including phenoxy) is 2. The fourth-order valence-corrected chi connectivity index (χ4v) is 3.12. The van der Waals surface area contributed by atoms with E-state index in [0.29, 0.717) is 6.54 Å². The van der Waals surface area contributed by atoms with Gasteiger partial charge in [0, 0.05) is 12.1 Å². The van der Waals surface area contributed by atoms with Crippen LogP contribution in [0.4, 0.5) is 4.79 Å². The molecule has 1 aliphatic rings. The monoisotopic (exact) mass is 339 g/mol. The first-order chi connectivity index (χ1) is 11.8. The van der Waals surface area contributed by atoms with Crippen LogP contribution in [0.5, 0.6) is 11.5 Å².